The van der Waals surface area contributed by atoms with Crippen LogP contribution in [-0.2, 0) is 5.41 Å². The molecular formula is C12H13N5O3S. The summed E-state index contributed by atoms with van der Waals surface area (Å²) in [6.07, 6.45) is 2.46. The number of hydrogen-bond acceptors (Lipinski definition) is 7. The lowest BCUT2D eigenvalue weighted by Crippen LogP contribution is -2.19. The Balaban J connectivity index is 2.23. The van der Waals surface area contributed by atoms with E-state index in [2.05, 4.69) is 25.5 Å². The summed E-state index contributed by atoms with van der Waals surface area (Å²) in [4.78, 5) is 30.4. The number of nitrogens with zero attached hydrogens (tertiary/aromatic N) is 4. The summed E-state index contributed by atoms with van der Waals surface area (Å²) in [7, 11) is 0. The van der Waals surface area contributed by atoms with Crippen molar-refractivity contribution < 1.29 is 14.7 Å². The summed E-state index contributed by atoms with van der Waals surface area (Å²) in [5, 5.41) is 20.4. The van der Waals surface area contributed by atoms with Gasteiger partial charge in [0.2, 0.25) is 5.13 Å². The number of rotatable bonds is 3. The molecule has 1 amide bonds. The molecule has 9 heteroatoms. The number of hydrogen-bond donors (Lipinski definition) is 2. The van der Waals surface area contributed by atoms with Gasteiger partial charge in [0.05, 0.1) is 0 Å². The lowest BCUT2D eigenvalue weighted by atomic mass is 9.98. The average molecular weight is 307 g/mol. The average Bonchev–Trinajstić information content (AvgIpc) is 2.87. The van der Waals surface area contributed by atoms with Crippen LogP contribution in [0.3, 0.4) is 0 Å². The number of anilines is 1. The van der Waals surface area contributed by atoms with Crippen LogP contribution in [0.2, 0.25) is 0 Å². The second-order valence-electron chi connectivity index (χ2n) is 5.18. The number of carboxylic acid groups (broad SMARTS) is 1. The van der Waals surface area contributed by atoms with E-state index in [9.17, 15) is 9.59 Å². The van der Waals surface area contributed by atoms with Crippen molar-refractivity contribution in [3.05, 3.63) is 28.8 Å². The highest BCUT2D eigenvalue weighted by Gasteiger charge is 2.23. The minimum absolute atomic E-state index is 0.181. The zero-order valence-corrected chi connectivity index (χ0v) is 12.4. The van der Waals surface area contributed by atoms with Gasteiger partial charge in [0.25, 0.3) is 5.91 Å². The first kappa shape index (κ1) is 15.0. The predicted octanol–water partition coefficient (Wildman–Crippen LogP) is 1.58. The van der Waals surface area contributed by atoms with E-state index >= 15 is 0 Å². The highest BCUT2D eigenvalue weighted by atomic mass is 32.1. The Morgan fingerprint density at radius 2 is 1.76 bits per heavy atom. The molecule has 21 heavy (non-hydrogen) atoms. The summed E-state index contributed by atoms with van der Waals surface area (Å²) >= 11 is 1.23. The van der Waals surface area contributed by atoms with Crippen molar-refractivity contribution in [1.29, 1.82) is 0 Å². The van der Waals surface area contributed by atoms with Gasteiger partial charge in [-0.2, -0.15) is 0 Å². The van der Waals surface area contributed by atoms with Gasteiger partial charge in [-0.25, -0.2) is 14.8 Å². The maximum Gasteiger partial charge on any atom is 0.356 e. The topological polar surface area (TPSA) is 118 Å². The third kappa shape index (κ3) is 3.37. The van der Waals surface area contributed by atoms with Gasteiger partial charge >= 0.3 is 5.97 Å². The Hall–Kier alpha value is -2.42. The van der Waals surface area contributed by atoms with Gasteiger partial charge in [-0.1, -0.05) is 32.1 Å². The van der Waals surface area contributed by atoms with E-state index in [0.717, 1.165) is 5.01 Å². The number of carbonyl (C=O) groups excluding carboxylic acids is 1. The SMILES string of the molecule is CC(C)(C)c1nnc(NC(=O)c2nccnc2C(=O)O)s1. The van der Waals surface area contributed by atoms with E-state index in [-0.39, 0.29) is 16.2 Å². The summed E-state index contributed by atoms with van der Waals surface area (Å²) in [5.41, 5.74) is -0.854. The van der Waals surface area contributed by atoms with Gasteiger partial charge in [0.15, 0.2) is 11.4 Å². The van der Waals surface area contributed by atoms with E-state index in [1.807, 2.05) is 20.8 Å². The second kappa shape index (κ2) is 5.52. The molecule has 8 nitrogen and oxygen atoms in total. The molecule has 0 aliphatic rings. The monoisotopic (exact) mass is 307 g/mol. The fraction of sp³-hybridized carbons (Fsp3) is 0.333. The molecule has 0 saturated carbocycles. The summed E-state index contributed by atoms with van der Waals surface area (Å²) in [6, 6.07) is 0. The van der Waals surface area contributed by atoms with Gasteiger partial charge in [0.1, 0.15) is 5.01 Å². The fourth-order valence-electron chi connectivity index (χ4n) is 1.39. The molecular weight excluding hydrogens is 294 g/mol. The van der Waals surface area contributed by atoms with Gasteiger partial charge in [-0.05, 0) is 0 Å². The third-order valence-corrected chi connectivity index (χ3v) is 3.67. The van der Waals surface area contributed by atoms with Crippen molar-refractivity contribution >= 4 is 28.3 Å². The van der Waals surface area contributed by atoms with Gasteiger partial charge in [-0.3, -0.25) is 10.1 Å². The van der Waals surface area contributed by atoms with E-state index in [4.69, 9.17) is 5.11 Å². The van der Waals surface area contributed by atoms with Crippen LogP contribution < -0.4 is 5.32 Å². The Morgan fingerprint density at radius 3 is 2.29 bits per heavy atom. The van der Waals surface area contributed by atoms with E-state index in [0.29, 0.717) is 0 Å². The maximum absolute atomic E-state index is 12.1. The molecule has 0 radical (unpaired) electrons. The number of aromatic carboxylic acids is 1. The Morgan fingerprint density at radius 1 is 1.14 bits per heavy atom. The van der Waals surface area contributed by atoms with Crippen LogP contribution in [0.25, 0.3) is 0 Å². The third-order valence-electron chi connectivity index (χ3n) is 2.40. The predicted molar refractivity (Wildman–Crippen MR) is 75.6 cm³/mol. The molecule has 0 atom stereocenters. The number of carbonyl (C=O) groups is 2. The van der Waals surface area contributed by atoms with Crippen LogP contribution in [0.4, 0.5) is 5.13 Å². The lowest BCUT2D eigenvalue weighted by Gasteiger charge is -2.12. The zero-order chi connectivity index (χ0) is 15.6. The van der Waals surface area contributed by atoms with Crippen molar-refractivity contribution in [1.82, 2.24) is 20.2 Å². The second-order valence-corrected chi connectivity index (χ2v) is 6.15. The van der Waals surface area contributed by atoms with Crippen LogP contribution >= 0.6 is 11.3 Å². The molecule has 110 valence electrons. The Kier molecular flexibility index (Phi) is 3.94. The van der Waals surface area contributed by atoms with Gasteiger partial charge in [0, 0.05) is 17.8 Å². The molecule has 0 unspecified atom stereocenters. The van der Waals surface area contributed by atoms with E-state index in [1.54, 1.807) is 0 Å². The quantitative estimate of drug-likeness (QED) is 0.883. The zero-order valence-electron chi connectivity index (χ0n) is 11.6. The molecule has 0 bridgehead atoms. The molecule has 2 N–H and O–H groups in total. The normalized spacial score (nSPS) is 11.2. The van der Waals surface area contributed by atoms with Gasteiger partial charge in [-0.15, -0.1) is 10.2 Å². The van der Waals surface area contributed by atoms with Gasteiger partial charge < -0.3 is 5.11 Å². The molecule has 0 saturated heterocycles. The minimum Gasteiger partial charge on any atom is -0.476 e. The van der Waals surface area contributed by atoms with Crippen molar-refractivity contribution in [2.45, 2.75) is 26.2 Å². The number of carboxylic acids is 1. The standard InChI is InChI=1S/C12H13N5O3S/c1-12(2,3)10-16-17-11(21-10)15-8(18)6-7(9(19)20)14-5-4-13-6/h4-5H,1-3H3,(H,19,20)(H,15,17,18). The maximum atomic E-state index is 12.1. The van der Waals surface area contributed by atoms with E-state index < -0.39 is 17.6 Å². The molecule has 0 aliphatic heterocycles. The Bertz CT molecular complexity index is 692. The molecule has 2 heterocycles. The Labute approximate surface area is 124 Å². The molecule has 2 aromatic rings. The van der Waals surface area contributed by atoms with Crippen LogP contribution in [0.1, 0.15) is 46.8 Å². The van der Waals surface area contributed by atoms with Crippen molar-refractivity contribution in [2.75, 3.05) is 5.32 Å². The smallest absolute Gasteiger partial charge is 0.356 e. The van der Waals surface area contributed by atoms with Crippen molar-refractivity contribution in [3.63, 3.8) is 0 Å². The van der Waals surface area contributed by atoms with Crippen LogP contribution in [-0.4, -0.2) is 37.1 Å². The first-order valence-electron chi connectivity index (χ1n) is 5.98. The first-order valence-corrected chi connectivity index (χ1v) is 6.80. The van der Waals surface area contributed by atoms with Crippen LogP contribution in [0, 0.1) is 0 Å². The van der Waals surface area contributed by atoms with Crippen molar-refractivity contribution in [2.24, 2.45) is 0 Å². The molecule has 0 fully saturated rings. The summed E-state index contributed by atoms with van der Waals surface area (Å²) < 4.78 is 0. The first-order chi connectivity index (χ1) is 9.79. The van der Waals surface area contributed by atoms with Crippen LogP contribution in [0.5, 0.6) is 0 Å². The highest BCUT2D eigenvalue weighted by molar-refractivity contribution is 7.15. The number of aromatic nitrogens is 4. The largest absolute Gasteiger partial charge is 0.476 e. The molecule has 0 aromatic carbocycles. The molecule has 2 rings (SSSR count). The lowest BCUT2D eigenvalue weighted by molar-refractivity contribution is 0.0685. The van der Waals surface area contributed by atoms with E-state index in [1.165, 1.54) is 23.7 Å². The minimum atomic E-state index is -1.32. The van der Waals surface area contributed by atoms with Crippen LogP contribution in [0.15, 0.2) is 12.4 Å². The summed E-state index contributed by atoms with van der Waals surface area (Å²) in [5.74, 6) is -2.00. The molecule has 2 aromatic heterocycles. The highest BCUT2D eigenvalue weighted by Crippen LogP contribution is 2.27. The number of nitrogens with one attached hydrogen (secondary N) is 1. The van der Waals surface area contributed by atoms with Crippen molar-refractivity contribution in [3.8, 4) is 0 Å². The fourth-order valence-corrected chi connectivity index (χ4v) is 2.19. The molecule has 0 spiro atoms. The number of amides is 1. The molecule has 0 aliphatic carbocycles. The summed E-state index contributed by atoms with van der Waals surface area (Å²) in [6.45, 7) is 5.93.